The Morgan fingerprint density at radius 2 is 2.23 bits per heavy atom. The molecule has 0 amide bonds. The summed E-state index contributed by atoms with van der Waals surface area (Å²) in [6, 6.07) is 0. The van der Waals surface area contributed by atoms with Gasteiger partial charge in [-0.25, -0.2) is 0 Å². The van der Waals surface area contributed by atoms with Gasteiger partial charge in [-0.05, 0) is 31.4 Å². The summed E-state index contributed by atoms with van der Waals surface area (Å²) in [7, 11) is 0. The Morgan fingerprint density at radius 3 is 3.00 bits per heavy atom. The first kappa shape index (κ1) is 10.6. The Labute approximate surface area is 85.6 Å². The Hall–Kier alpha value is -0.470. The zero-order chi connectivity index (χ0) is 9.52. The molecule has 0 aliphatic heterocycles. The van der Waals surface area contributed by atoms with Gasteiger partial charge in [0.25, 0.3) is 0 Å². The Balaban J connectivity index is 2.35. The van der Waals surface area contributed by atoms with Crippen LogP contribution in [-0.2, 0) is 4.74 Å². The Morgan fingerprint density at radius 1 is 1.38 bits per heavy atom. The lowest BCUT2D eigenvalue weighted by Gasteiger charge is -2.01. The second-order valence-corrected chi connectivity index (χ2v) is 3.44. The van der Waals surface area contributed by atoms with Crippen LogP contribution in [0, 0.1) is 0 Å². The van der Waals surface area contributed by atoms with Gasteiger partial charge >= 0.3 is 0 Å². The molecule has 2 heteroatoms. The van der Waals surface area contributed by atoms with E-state index in [0.717, 1.165) is 31.0 Å². The molecule has 1 aliphatic rings. The van der Waals surface area contributed by atoms with Gasteiger partial charge in [0.05, 0.1) is 6.61 Å². The smallest absolute Gasteiger partial charge is 0.0506 e. The highest BCUT2D eigenvalue weighted by atomic mass is 32.1. The second-order valence-electron chi connectivity index (χ2n) is 2.92. The van der Waals surface area contributed by atoms with E-state index in [1.165, 1.54) is 5.57 Å². The maximum atomic E-state index is 5.29. The van der Waals surface area contributed by atoms with Crippen LogP contribution >= 0.6 is 12.6 Å². The fourth-order valence-corrected chi connectivity index (χ4v) is 1.36. The van der Waals surface area contributed by atoms with E-state index in [4.69, 9.17) is 4.74 Å². The van der Waals surface area contributed by atoms with Crippen LogP contribution < -0.4 is 0 Å². The number of hydrogen-bond acceptors (Lipinski definition) is 2. The summed E-state index contributed by atoms with van der Waals surface area (Å²) in [5.74, 6) is 0. The van der Waals surface area contributed by atoms with Gasteiger partial charge in [0.1, 0.15) is 0 Å². The minimum absolute atomic E-state index is 0.799. The van der Waals surface area contributed by atoms with Crippen LogP contribution in [0.15, 0.2) is 34.8 Å². The molecule has 0 bridgehead atoms. The van der Waals surface area contributed by atoms with E-state index in [9.17, 15) is 0 Å². The average Bonchev–Trinajstić information content (AvgIpc) is 2.32. The third kappa shape index (κ3) is 4.34. The maximum Gasteiger partial charge on any atom is 0.0506 e. The first-order valence-electron chi connectivity index (χ1n) is 4.67. The third-order valence-electron chi connectivity index (χ3n) is 1.91. The molecule has 0 saturated carbocycles. The summed E-state index contributed by atoms with van der Waals surface area (Å²) in [4.78, 5) is 1.04. The Bertz CT molecular complexity index is 238. The van der Waals surface area contributed by atoms with Gasteiger partial charge in [-0.2, -0.15) is 0 Å². The van der Waals surface area contributed by atoms with Crippen molar-refractivity contribution in [3.63, 3.8) is 0 Å². The normalized spacial score (nSPS) is 16.5. The van der Waals surface area contributed by atoms with Crippen molar-refractivity contribution in [1.29, 1.82) is 0 Å². The first-order valence-corrected chi connectivity index (χ1v) is 5.11. The number of ether oxygens (including phenoxy) is 1. The van der Waals surface area contributed by atoms with Gasteiger partial charge in [-0.1, -0.05) is 18.2 Å². The van der Waals surface area contributed by atoms with Gasteiger partial charge in [0.2, 0.25) is 0 Å². The van der Waals surface area contributed by atoms with Gasteiger partial charge < -0.3 is 4.74 Å². The first-order chi connectivity index (χ1) is 6.33. The monoisotopic (exact) mass is 196 g/mol. The molecule has 0 spiro atoms. The second kappa shape index (κ2) is 6.06. The fourth-order valence-electron chi connectivity index (χ4n) is 1.18. The fraction of sp³-hybridized carbons (Fsp3) is 0.455. The lowest BCUT2D eigenvalue weighted by Crippen LogP contribution is -1.94. The third-order valence-corrected chi connectivity index (χ3v) is 2.25. The van der Waals surface area contributed by atoms with Crippen molar-refractivity contribution in [2.24, 2.45) is 0 Å². The SMILES string of the molecule is CCOCCC1=CCC=C(S)C=C1. The molecule has 0 aromatic carbocycles. The maximum absolute atomic E-state index is 5.29. The summed E-state index contributed by atoms with van der Waals surface area (Å²) < 4.78 is 5.29. The minimum atomic E-state index is 0.799. The minimum Gasteiger partial charge on any atom is -0.381 e. The van der Waals surface area contributed by atoms with E-state index in [0.29, 0.717) is 0 Å². The van der Waals surface area contributed by atoms with E-state index in [1.807, 2.05) is 13.0 Å². The van der Waals surface area contributed by atoms with E-state index in [2.05, 4.69) is 30.9 Å². The molecule has 72 valence electrons. The number of allylic oxidation sites excluding steroid dienone is 4. The molecule has 0 radical (unpaired) electrons. The quantitative estimate of drug-likeness (QED) is 0.537. The zero-order valence-electron chi connectivity index (χ0n) is 7.99. The van der Waals surface area contributed by atoms with E-state index < -0.39 is 0 Å². The van der Waals surface area contributed by atoms with E-state index >= 15 is 0 Å². The van der Waals surface area contributed by atoms with Crippen molar-refractivity contribution in [3.8, 4) is 0 Å². The van der Waals surface area contributed by atoms with Crippen molar-refractivity contribution in [2.45, 2.75) is 19.8 Å². The number of rotatable bonds is 4. The van der Waals surface area contributed by atoms with Crippen LogP contribution in [0.4, 0.5) is 0 Å². The molecular weight excluding hydrogens is 180 g/mol. The number of thiol groups is 1. The van der Waals surface area contributed by atoms with Crippen LogP contribution in [0.1, 0.15) is 19.8 Å². The van der Waals surface area contributed by atoms with Gasteiger partial charge in [0, 0.05) is 11.5 Å². The summed E-state index contributed by atoms with van der Waals surface area (Å²) >= 11 is 4.29. The van der Waals surface area contributed by atoms with Gasteiger partial charge in [-0.3, -0.25) is 0 Å². The predicted molar refractivity (Wildman–Crippen MR) is 60.0 cm³/mol. The summed E-state index contributed by atoms with van der Waals surface area (Å²) in [5.41, 5.74) is 1.34. The number of hydrogen-bond donors (Lipinski definition) is 1. The predicted octanol–water partition coefficient (Wildman–Crippen LogP) is 3.11. The molecule has 13 heavy (non-hydrogen) atoms. The lowest BCUT2D eigenvalue weighted by atomic mass is 10.1. The highest BCUT2D eigenvalue weighted by molar-refractivity contribution is 7.84. The van der Waals surface area contributed by atoms with Crippen molar-refractivity contribution in [3.05, 3.63) is 34.8 Å². The molecule has 0 fully saturated rings. The molecule has 1 rings (SSSR count). The molecule has 0 atom stereocenters. The average molecular weight is 196 g/mol. The van der Waals surface area contributed by atoms with E-state index in [1.54, 1.807) is 0 Å². The molecule has 1 nitrogen and oxygen atoms in total. The zero-order valence-corrected chi connectivity index (χ0v) is 8.89. The molecule has 1 aliphatic carbocycles. The molecule has 0 heterocycles. The van der Waals surface area contributed by atoms with Gasteiger partial charge in [-0.15, -0.1) is 12.6 Å². The van der Waals surface area contributed by atoms with Crippen molar-refractivity contribution in [2.75, 3.05) is 13.2 Å². The van der Waals surface area contributed by atoms with Crippen LogP contribution in [-0.4, -0.2) is 13.2 Å². The van der Waals surface area contributed by atoms with Crippen LogP contribution in [0.3, 0.4) is 0 Å². The molecule has 0 unspecified atom stereocenters. The summed E-state index contributed by atoms with van der Waals surface area (Å²) in [5, 5.41) is 0. The molecule has 0 aromatic heterocycles. The molecule has 0 saturated heterocycles. The summed E-state index contributed by atoms with van der Waals surface area (Å²) in [6.45, 7) is 3.63. The molecular formula is C11H16OS. The summed E-state index contributed by atoms with van der Waals surface area (Å²) in [6.07, 6.45) is 10.5. The van der Waals surface area contributed by atoms with Crippen LogP contribution in [0.5, 0.6) is 0 Å². The van der Waals surface area contributed by atoms with Crippen LogP contribution in [0.2, 0.25) is 0 Å². The van der Waals surface area contributed by atoms with Crippen molar-refractivity contribution in [1.82, 2.24) is 0 Å². The van der Waals surface area contributed by atoms with Crippen molar-refractivity contribution >= 4 is 12.6 Å². The highest BCUT2D eigenvalue weighted by Gasteiger charge is 1.96. The largest absolute Gasteiger partial charge is 0.381 e. The van der Waals surface area contributed by atoms with Gasteiger partial charge in [0.15, 0.2) is 0 Å². The molecule has 0 aromatic rings. The Kier molecular flexibility index (Phi) is 4.94. The lowest BCUT2D eigenvalue weighted by molar-refractivity contribution is 0.151. The standard InChI is InChI=1S/C11H16OS/c1-2-12-9-8-10-4-3-5-11(13)7-6-10/h4-7,13H,2-3,8-9H2,1H3. The van der Waals surface area contributed by atoms with Crippen LogP contribution in [0.25, 0.3) is 0 Å². The highest BCUT2D eigenvalue weighted by Crippen LogP contribution is 2.15. The van der Waals surface area contributed by atoms with E-state index in [-0.39, 0.29) is 0 Å². The molecule has 0 N–H and O–H groups in total. The topological polar surface area (TPSA) is 9.23 Å². The van der Waals surface area contributed by atoms with Crippen molar-refractivity contribution < 1.29 is 4.74 Å².